The minimum absolute atomic E-state index is 0.0491. The van der Waals surface area contributed by atoms with E-state index in [1.54, 1.807) is 0 Å². The monoisotopic (exact) mass is 239 g/mol. The molecule has 0 aromatic carbocycles. The van der Waals surface area contributed by atoms with Gasteiger partial charge in [-0.3, -0.25) is 19.7 Å². The average molecular weight is 239 g/mol. The summed E-state index contributed by atoms with van der Waals surface area (Å²) in [6.07, 6.45) is 7.17. The maximum absolute atomic E-state index is 11.7. The second-order valence-electron chi connectivity index (χ2n) is 4.65. The van der Waals surface area contributed by atoms with Crippen molar-refractivity contribution in [2.75, 3.05) is 0 Å². The molecule has 1 fully saturated rings. The van der Waals surface area contributed by atoms with Crippen molar-refractivity contribution in [1.82, 2.24) is 5.32 Å². The smallest absolute Gasteiger partial charge is 0.237 e. The molecule has 1 N–H and O–H groups in total. The maximum Gasteiger partial charge on any atom is 0.237 e. The largest absolute Gasteiger partial charge is 0.299 e. The van der Waals surface area contributed by atoms with Gasteiger partial charge in [0.05, 0.1) is 0 Å². The standard InChI is InChI=1S/C13H21NO3/c1-2-3-4-5-6-7-8-11(15)10-9-12(16)14-13(10)17/h10H,2-9H2,1H3,(H,14,16,17). The Bertz CT molecular complexity index is 299. The number of Topliss-reactive ketones (excluding diaryl/α,β-unsaturated/α-hetero) is 1. The van der Waals surface area contributed by atoms with Gasteiger partial charge in [0.1, 0.15) is 11.7 Å². The molecule has 1 aliphatic heterocycles. The van der Waals surface area contributed by atoms with Crippen LogP contribution in [0.1, 0.15) is 58.3 Å². The molecule has 96 valence electrons. The molecule has 1 saturated heterocycles. The summed E-state index contributed by atoms with van der Waals surface area (Å²) in [5.74, 6) is -1.52. The van der Waals surface area contributed by atoms with Gasteiger partial charge in [0.2, 0.25) is 11.8 Å². The Hall–Kier alpha value is -1.19. The fourth-order valence-electron chi connectivity index (χ4n) is 2.07. The van der Waals surface area contributed by atoms with Gasteiger partial charge in [0.25, 0.3) is 0 Å². The number of carbonyl (C=O) groups is 3. The van der Waals surface area contributed by atoms with Crippen LogP contribution in [0.4, 0.5) is 0 Å². The van der Waals surface area contributed by atoms with E-state index in [-0.39, 0.29) is 18.1 Å². The summed E-state index contributed by atoms with van der Waals surface area (Å²) in [4.78, 5) is 33.9. The summed E-state index contributed by atoms with van der Waals surface area (Å²) >= 11 is 0. The van der Waals surface area contributed by atoms with E-state index in [9.17, 15) is 14.4 Å². The summed E-state index contributed by atoms with van der Waals surface area (Å²) in [7, 11) is 0. The Kier molecular flexibility index (Phi) is 5.87. The van der Waals surface area contributed by atoms with Gasteiger partial charge in [-0.2, -0.15) is 0 Å². The number of ketones is 1. The number of carbonyl (C=O) groups excluding carboxylic acids is 3. The first-order valence-electron chi connectivity index (χ1n) is 6.51. The number of unbranched alkanes of at least 4 members (excludes halogenated alkanes) is 5. The lowest BCUT2D eigenvalue weighted by Crippen LogP contribution is -2.26. The van der Waals surface area contributed by atoms with Crippen molar-refractivity contribution in [3.8, 4) is 0 Å². The van der Waals surface area contributed by atoms with Gasteiger partial charge in [0.15, 0.2) is 0 Å². The first-order chi connectivity index (χ1) is 8.15. The van der Waals surface area contributed by atoms with E-state index in [2.05, 4.69) is 12.2 Å². The van der Waals surface area contributed by atoms with E-state index in [0.29, 0.717) is 6.42 Å². The average Bonchev–Trinajstić information content (AvgIpc) is 2.62. The molecule has 4 heteroatoms. The number of rotatable bonds is 8. The van der Waals surface area contributed by atoms with Crippen molar-refractivity contribution in [2.24, 2.45) is 5.92 Å². The molecule has 1 rings (SSSR count). The van der Waals surface area contributed by atoms with Gasteiger partial charge in [-0.15, -0.1) is 0 Å². The van der Waals surface area contributed by atoms with Crippen molar-refractivity contribution >= 4 is 17.6 Å². The predicted octanol–water partition coefficient (Wildman–Crippen LogP) is 1.97. The molecule has 17 heavy (non-hydrogen) atoms. The van der Waals surface area contributed by atoms with Crippen molar-refractivity contribution in [3.63, 3.8) is 0 Å². The fourth-order valence-corrected chi connectivity index (χ4v) is 2.07. The molecule has 0 spiro atoms. The SMILES string of the molecule is CCCCCCCCC(=O)C1CC(=O)NC1=O. The zero-order chi connectivity index (χ0) is 12.7. The Balaban J connectivity index is 2.13. The van der Waals surface area contributed by atoms with Gasteiger partial charge in [-0.05, 0) is 6.42 Å². The Morgan fingerprint density at radius 1 is 1.18 bits per heavy atom. The molecule has 1 aliphatic rings. The first-order valence-corrected chi connectivity index (χ1v) is 6.51. The topological polar surface area (TPSA) is 63.2 Å². The van der Waals surface area contributed by atoms with Crippen molar-refractivity contribution < 1.29 is 14.4 Å². The van der Waals surface area contributed by atoms with Crippen LogP contribution in [0.5, 0.6) is 0 Å². The highest BCUT2D eigenvalue weighted by molar-refractivity contribution is 6.14. The quantitative estimate of drug-likeness (QED) is 0.400. The molecule has 0 aromatic rings. The molecule has 0 radical (unpaired) electrons. The van der Waals surface area contributed by atoms with Gasteiger partial charge in [-0.1, -0.05) is 39.0 Å². The lowest BCUT2D eigenvalue weighted by molar-refractivity contribution is -0.131. The molecular formula is C13H21NO3. The van der Waals surface area contributed by atoms with E-state index in [4.69, 9.17) is 0 Å². The Morgan fingerprint density at radius 2 is 1.82 bits per heavy atom. The minimum Gasteiger partial charge on any atom is -0.299 e. The molecule has 1 unspecified atom stereocenters. The molecule has 0 saturated carbocycles. The van der Waals surface area contributed by atoms with Crippen LogP contribution in [0.3, 0.4) is 0 Å². The van der Waals surface area contributed by atoms with E-state index in [1.165, 1.54) is 19.3 Å². The second-order valence-corrected chi connectivity index (χ2v) is 4.65. The lowest BCUT2D eigenvalue weighted by Gasteiger charge is -2.04. The predicted molar refractivity (Wildman–Crippen MR) is 64.3 cm³/mol. The van der Waals surface area contributed by atoms with Crippen LogP contribution < -0.4 is 5.32 Å². The number of imide groups is 1. The summed E-state index contributed by atoms with van der Waals surface area (Å²) in [5, 5.41) is 2.17. The van der Waals surface area contributed by atoms with Crippen LogP contribution in [-0.4, -0.2) is 17.6 Å². The van der Waals surface area contributed by atoms with Gasteiger partial charge in [0, 0.05) is 12.8 Å². The molecule has 1 atom stereocenters. The summed E-state index contributed by atoms with van der Waals surface area (Å²) in [6.45, 7) is 2.17. The van der Waals surface area contributed by atoms with E-state index >= 15 is 0 Å². The number of nitrogens with one attached hydrogen (secondary N) is 1. The first kappa shape index (κ1) is 13.9. The van der Waals surface area contributed by atoms with Crippen LogP contribution in [0.2, 0.25) is 0 Å². The third-order valence-corrected chi connectivity index (χ3v) is 3.13. The van der Waals surface area contributed by atoms with Crippen LogP contribution in [0.15, 0.2) is 0 Å². The van der Waals surface area contributed by atoms with Gasteiger partial charge < -0.3 is 0 Å². The number of hydrogen-bond acceptors (Lipinski definition) is 3. The van der Waals surface area contributed by atoms with E-state index < -0.39 is 11.8 Å². The molecule has 4 nitrogen and oxygen atoms in total. The molecule has 1 heterocycles. The van der Waals surface area contributed by atoms with Crippen molar-refractivity contribution in [3.05, 3.63) is 0 Å². The fraction of sp³-hybridized carbons (Fsp3) is 0.769. The highest BCUT2D eigenvalue weighted by atomic mass is 16.2. The van der Waals surface area contributed by atoms with Gasteiger partial charge >= 0.3 is 0 Å². The minimum atomic E-state index is -0.710. The van der Waals surface area contributed by atoms with Crippen LogP contribution in [0, 0.1) is 5.92 Å². The zero-order valence-corrected chi connectivity index (χ0v) is 10.5. The maximum atomic E-state index is 11.7. The second kappa shape index (κ2) is 7.20. The zero-order valence-electron chi connectivity index (χ0n) is 10.5. The number of amides is 2. The molecule has 0 aromatic heterocycles. The lowest BCUT2D eigenvalue weighted by atomic mass is 9.97. The molecule has 2 amide bonds. The van der Waals surface area contributed by atoms with Crippen molar-refractivity contribution in [1.29, 1.82) is 0 Å². The van der Waals surface area contributed by atoms with Crippen molar-refractivity contribution in [2.45, 2.75) is 58.3 Å². The Morgan fingerprint density at radius 3 is 2.41 bits per heavy atom. The molecule has 0 aliphatic carbocycles. The summed E-state index contributed by atoms with van der Waals surface area (Å²) in [5.41, 5.74) is 0. The van der Waals surface area contributed by atoms with Crippen LogP contribution >= 0.6 is 0 Å². The Labute approximate surface area is 102 Å². The van der Waals surface area contributed by atoms with Crippen LogP contribution in [0.25, 0.3) is 0 Å². The molecule has 0 bridgehead atoms. The third kappa shape index (κ3) is 4.67. The molecular weight excluding hydrogens is 218 g/mol. The van der Waals surface area contributed by atoms with Crippen LogP contribution in [-0.2, 0) is 14.4 Å². The number of hydrogen-bond donors (Lipinski definition) is 1. The summed E-state index contributed by atoms with van der Waals surface area (Å²) in [6, 6.07) is 0. The normalized spacial score (nSPS) is 19.5. The highest BCUT2D eigenvalue weighted by Crippen LogP contribution is 2.16. The third-order valence-electron chi connectivity index (χ3n) is 3.13. The van der Waals surface area contributed by atoms with E-state index in [1.807, 2.05) is 0 Å². The van der Waals surface area contributed by atoms with E-state index in [0.717, 1.165) is 19.3 Å². The summed E-state index contributed by atoms with van der Waals surface area (Å²) < 4.78 is 0. The highest BCUT2D eigenvalue weighted by Gasteiger charge is 2.35. The van der Waals surface area contributed by atoms with Gasteiger partial charge in [-0.25, -0.2) is 0 Å².